The Kier molecular flexibility index (Phi) is 9.90. The topological polar surface area (TPSA) is 58.1 Å². The number of hydrogen-bond acceptors (Lipinski definition) is 4. The van der Waals surface area contributed by atoms with Crippen LogP contribution in [0.25, 0.3) is 0 Å². The largest absolute Gasteiger partial charge is 0.497 e. The molecule has 29 heavy (non-hydrogen) atoms. The van der Waals surface area contributed by atoms with Gasteiger partial charge in [-0.25, -0.2) is 0 Å². The van der Waals surface area contributed by atoms with Gasteiger partial charge in [-0.05, 0) is 48.7 Å². The van der Waals surface area contributed by atoms with Gasteiger partial charge in [0.15, 0.2) is 5.96 Å². The molecule has 3 rings (SSSR count). The average Bonchev–Trinajstić information content (AvgIpc) is 3.23. The first kappa shape index (κ1) is 23.1. The summed E-state index contributed by atoms with van der Waals surface area (Å²) in [5.74, 6) is 3.09. The first-order chi connectivity index (χ1) is 13.8. The summed E-state index contributed by atoms with van der Waals surface area (Å²) in [6.45, 7) is 4.36. The van der Waals surface area contributed by atoms with Gasteiger partial charge < -0.3 is 25.0 Å². The van der Waals surface area contributed by atoms with Crippen LogP contribution in [0.4, 0.5) is 5.69 Å². The van der Waals surface area contributed by atoms with E-state index in [1.807, 2.05) is 24.3 Å². The zero-order chi connectivity index (χ0) is 19.6. The maximum Gasteiger partial charge on any atom is 0.191 e. The van der Waals surface area contributed by atoms with E-state index in [1.165, 1.54) is 12.1 Å². The highest BCUT2D eigenvalue weighted by molar-refractivity contribution is 14.0. The molecule has 0 aromatic heterocycles. The maximum absolute atomic E-state index is 5.73. The Morgan fingerprint density at radius 3 is 2.48 bits per heavy atom. The molecule has 1 aliphatic rings. The smallest absolute Gasteiger partial charge is 0.191 e. The predicted molar refractivity (Wildman–Crippen MR) is 130 cm³/mol. The Morgan fingerprint density at radius 2 is 1.79 bits per heavy atom. The van der Waals surface area contributed by atoms with Crippen LogP contribution < -0.4 is 25.0 Å². The minimum Gasteiger partial charge on any atom is -0.497 e. The van der Waals surface area contributed by atoms with Crippen molar-refractivity contribution < 1.29 is 9.47 Å². The fourth-order valence-corrected chi connectivity index (χ4v) is 3.34. The van der Waals surface area contributed by atoms with Gasteiger partial charge in [-0.3, -0.25) is 4.99 Å². The van der Waals surface area contributed by atoms with Gasteiger partial charge >= 0.3 is 0 Å². The van der Waals surface area contributed by atoms with Gasteiger partial charge in [-0.15, -0.1) is 24.0 Å². The van der Waals surface area contributed by atoms with Crippen LogP contribution in [0.15, 0.2) is 59.6 Å². The van der Waals surface area contributed by atoms with Crippen molar-refractivity contribution in [2.75, 3.05) is 51.8 Å². The van der Waals surface area contributed by atoms with E-state index < -0.39 is 0 Å². The normalized spacial score (nSPS) is 16.1. The Morgan fingerprint density at radius 1 is 1.07 bits per heavy atom. The van der Waals surface area contributed by atoms with Gasteiger partial charge in [0.1, 0.15) is 18.1 Å². The quantitative estimate of drug-likeness (QED) is 0.247. The van der Waals surface area contributed by atoms with Crippen molar-refractivity contribution in [2.45, 2.75) is 6.42 Å². The van der Waals surface area contributed by atoms with Crippen molar-refractivity contribution in [2.24, 2.45) is 10.9 Å². The molecule has 2 aromatic rings. The number of rotatable bonds is 8. The van der Waals surface area contributed by atoms with Crippen molar-refractivity contribution >= 4 is 35.6 Å². The van der Waals surface area contributed by atoms with Crippen LogP contribution in [0, 0.1) is 5.92 Å². The number of halogens is 1. The van der Waals surface area contributed by atoms with Crippen molar-refractivity contribution in [3.63, 3.8) is 0 Å². The van der Waals surface area contributed by atoms with Crippen LogP contribution in [0.5, 0.6) is 11.5 Å². The number of benzene rings is 2. The molecule has 0 amide bonds. The molecule has 158 valence electrons. The molecule has 1 fully saturated rings. The molecule has 2 N–H and O–H groups in total. The van der Waals surface area contributed by atoms with Gasteiger partial charge in [-0.2, -0.15) is 0 Å². The van der Waals surface area contributed by atoms with Crippen LogP contribution in [-0.4, -0.2) is 52.9 Å². The van der Waals surface area contributed by atoms with Crippen molar-refractivity contribution in [1.29, 1.82) is 0 Å². The third-order valence-electron chi connectivity index (χ3n) is 4.91. The molecule has 1 heterocycles. The number of aliphatic imine (C=N–C) groups is 1. The van der Waals surface area contributed by atoms with Crippen LogP contribution in [0.3, 0.4) is 0 Å². The third-order valence-corrected chi connectivity index (χ3v) is 4.91. The molecule has 2 aromatic carbocycles. The van der Waals surface area contributed by atoms with E-state index in [0.717, 1.165) is 37.1 Å². The Hall–Kier alpha value is -2.16. The number of ether oxygens (including phenoxy) is 2. The SMILES string of the molecule is CN=C(NCCOc1ccc(OC)cc1)NCC1CCN(c2ccccc2)C1.I. The molecule has 0 bridgehead atoms. The summed E-state index contributed by atoms with van der Waals surface area (Å²) in [6, 6.07) is 18.2. The van der Waals surface area contributed by atoms with E-state index in [4.69, 9.17) is 9.47 Å². The highest BCUT2D eigenvalue weighted by atomic mass is 127. The average molecular weight is 510 g/mol. The second-order valence-corrected chi connectivity index (χ2v) is 6.84. The van der Waals surface area contributed by atoms with Gasteiger partial charge in [-0.1, -0.05) is 18.2 Å². The van der Waals surface area contributed by atoms with Crippen LogP contribution in [0.1, 0.15) is 6.42 Å². The summed E-state index contributed by atoms with van der Waals surface area (Å²) >= 11 is 0. The summed E-state index contributed by atoms with van der Waals surface area (Å²) in [4.78, 5) is 6.75. The van der Waals surface area contributed by atoms with E-state index in [2.05, 4.69) is 50.9 Å². The van der Waals surface area contributed by atoms with E-state index in [-0.39, 0.29) is 24.0 Å². The Balaban J connectivity index is 0.00000300. The van der Waals surface area contributed by atoms with Gasteiger partial charge in [0, 0.05) is 32.4 Å². The predicted octanol–water partition coefficient (Wildman–Crippen LogP) is 3.38. The van der Waals surface area contributed by atoms with Gasteiger partial charge in [0.05, 0.1) is 13.7 Å². The second kappa shape index (κ2) is 12.4. The minimum absolute atomic E-state index is 0. The van der Waals surface area contributed by atoms with Gasteiger partial charge in [0.25, 0.3) is 0 Å². The summed E-state index contributed by atoms with van der Waals surface area (Å²) < 4.78 is 10.9. The standard InChI is InChI=1S/C22H30N4O2.HI/c1-23-22(24-13-15-28-21-10-8-20(27-2)9-11-21)25-16-18-12-14-26(17-18)19-6-4-3-5-7-19;/h3-11,18H,12-17H2,1-2H3,(H2,23,24,25);1H. The summed E-state index contributed by atoms with van der Waals surface area (Å²) in [6.07, 6.45) is 1.19. The lowest BCUT2D eigenvalue weighted by Crippen LogP contribution is -2.41. The fourth-order valence-electron chi connectivity index (χ4n) is 3.34. The molecule has 7 heteroatoms. The number of anilines is 1. The Bertz CT molecular complexity index is 740. The summed E-state index contributed by atoms with van der Waals surface area (Å²) in [5, 5.41) is 6.74. The molecular formula is C22H31IN4O2. The van der Waals surface area contributed by atoms with E-state index in [9.17, 15) is 0 Å². The first-order valence-electron chi connectivity index (χ1n) is 9.80. The van der Waals surface area contributed by atoms with E-state index in [0.29, 0.717) is 19.1 Å². The number of nitrogens with one attached hydrogen (secondary N) is 2. The maximum atomic E-state index is 5.73. The van der Waals surface area contributed by atoms with Gasteiger partial charge in [0.2, 0.25) is 0 Å². The summed E-state index contributed by atoms with van der Waals surface area (Å²) in [5.41, 5.74) is 1.31. The highest BCUT2D eigenvalue weighted by Gasteiger charge is 2.22. The zero-order valence-electron chi connectivity index (χ0n) is 17.1. The number of nitrogens with zero attached hydrogens (tertiary/aromatic N) is 2. The zero-order valence-corrected chi connectivity index (χ0v) is 19.5. The lowest BCUT2D eigenvalue weighted by molar-refractivity contribution is 0.321. The Labute approximate surface area is 190 Å². The molecule has 1 saturated heterocycles. The molecule has 6 nitrogen and oxygen atoms in total. The number of hydrogen-bond donors (Lipinski definition) is 2. The molecule has 0 spiro atoms. The van der Waals surface area contributed by atoms with Crippen molar-refractivity contribution in [1.82, 2.24) is 10.6 Å². The minimum atomic E-state index is 0. The summed E-state index contributed by atoms with van der Waals surface area (Å²) in [7, 11) is 3.45. The molecule has 0 aliphatic carbocycles. The fraction of sp³-hybridized carbons (Fsp3) is 0.409. The highest BCUT2D eigenvalue weighted by Crippen LogP contribution is 2.22. The molecule has 0 radical (unpaired) electrons. The van der Waals surface area contributed by atoms with Crippen LogP contribution in [-0.2, 0) is 0 Å². The van der Waals surface area contributed by atoms with Crippen LogP contribution in [0.2, 0.25) is 0 Å². The van der Waals surface area contributed by atoms with Crippen molar-refractivity contribution in [3.8, 4) is 11.5 Å². The monoisotopic (exact) mass is 510 g/mol. The second-order valence-electron chi connectivity index (χ2n) is 6.84. The number of guanidine groups is 1. The first-order valence-corrected chi connectivity index (χ1v) is 9.80. The van der Waals surface area contributed by atoms with E-state index >= 15 is 0 Å². The third kappa shape index (κ3) is 7.30. The molecule has 1 aliphatic heterocycles. The lowest BCUT2D eigenvalue weighted by Gasteiger charge is -2.19. The van der Waals surface area contributed by atoms with Crippen LogP contribution >= 0.6 is 24.0 Å². The van der Waals surface area contributed by atoms with Crippen molar-refractivity contribution in [3.05, 3.63) is 54.6 Å². The molecular weight excluding hydrogens is 479 g/mol. The molecule has 1 unspecified atom stereocenters. The number of methoxy groups -OCH3 is 1. The molecule has 0 saturated carbocycles. The lowest BCUT2D eigenvalue weighted by atomic mass is 10.1. The number of para-hydroxylation sites is 1. The molecule has 1 atom stereocenters. The van der Waals surface area contributed by atoms with E-state index in [1.54, 1.807) is 14.2 Å².